The number of benzene rings is 1. The predicted octanol–water partition coefficient (Wildman–Crippen LogP) is 1.41. The van der Waals surface area contributed by atoms with Gasteiger partial charge >= 0.3 is 5.69 Å². The molecule has 23 heavy (non-hydrogen) atoms. The summed E-state index contributed by atoms with van der Waals surface area (Å²) in [6.07, 6.45) is 1.50. The van der Waals surface area contributed by atoms with Crippen LogP contribution in [-0.2, 0) is 17.9 Å². The molecule has 0 saturated carbocycles. The van der Waals surface area contributed by atoms with Gasteiger partial charge in [-0.1, -0.05) is 25.5 Å². The minimum Gasteiger partial charge on any atom is -0.355 e. The van der Waals surface area contributed by atoms with E-state index in [0.717, 1.165) is 12.0 Å². The Morgan fingerprint density at radius 3 is 2.52 bits per heavy atom. The van der Waals surface area contributed by atoms with E-state index in [-0.39, 0.29) is 18.0 Å². The number of carbonyl (C=O) groups is 1. The maximum absolute atomic E-state index is 12.6. The summed E-state index contributed by atoms with van der Waals surface area (Å²) >= 11 is 0. The number of aromatic nitrogens is 2. The van der Waals surface area contributed by atoms with E-state index in [4.69, 9.17) is 0 Å². The van der Waals surface area contributed by atoms with Gasteiger partial charge in [-0.2, -0.15) is 0 Å². The molecule has 1 aromatic carbocycles. The molecule has 1 amide bonds. The van der Waals surface area contributed by atoms with E-state index in [0.29, 0.717) is 30.4 Å². The lowest BCUT2D eigenvalue weighted by atomic mass is 10.1. The Labute approximate surface area is 134 Å². The molecule has 0 atom stereocenters. The zero-order valence-corrected chi connectivity index (χ0v) is 13.9. The number of hydrogen-bond acceptors (Lipinski definition) is 3. The molecule has 0 aliphatic carbocycles. The summed E-state index contributed by atoms with van der Waals surface area (Å²) in [5, 5.41) is 3.24. The van der Waals surface area contributed by atoms with Gasteiger partial charge in [-0.25, -0.2) is 4.79 Å². The first-order valence-corrected chi connectivity index (χ1v) is 8.00. The van der Waals surface area contributed by atoms with Crippen molar-refractivity contribution in [2.75, 3.05) is 6.54 Å². The Morgan fingerprint density at radius 2 is 1.87 bits per heavy atom. The van der Waals surface area contributed by atoms with Gasteiger partial charge in [-0.3, -0.25) is 18.7 Å². The second-order valence-corrected chi connectivity index (χ2v) is 5.70. The molecule has 6 nitrogen and oxygen atoms in total. The summed E-state index contributed by atoms with van der Waals surface area (Å²) in [5.41, 5.74) is 0.725. The van der Waals surface area contributed by atoms with Gasteiger partial charge in [0, 0.05) is 13.1 Å². The van der Waals surface area contributed by atoms with Crippen LogP contribution in [0.1, 0.15) is 32.3 Å². The van der Waals surface area contributed by atoms with Crippen LogP contribution in [0, 0.1) is 6.92 Å². The Hall–Kier alpha value is -2.37. The quantitative estimate of drug-likeness (QED) is 0.875. The molecule has 1 heterocycles. The summed E-state index contributed by atoms with van der Waals surface area (Å²) in [6.45, 7) is 6.60. The normalized spacial score (nSPS) is 10.9. The maximum atomic E-state index is 12.6. The third kappa shape index (κ3) is 3.52. The zero-order chi connectivity index (χ0) is 17.0. The topological polar surface area (TPSA) is 73.1 Å². The van der Waals surface area contributed by atoms with Gasteiger partial charge < -0.3 is 5.32 Å². The van der Waals surface area contributed by atoms with Crippen molar-refractivity contribution in [2.24, 2.45) is 0 Å². The molecule has 124 valence electrons. The van der Waals surface area contributed by atoms with Gasteiger partial charge in [0.05, 0.1) is 10.9 Å². The van der Waals surface area contributed by atoms with Crippen molar-refractivity contribution in [2.45, 2.75) is 46.7 Å². The highest BCUT2D eigenvalue weighted by Crippen LogP contribution is 2.11. The van der Waals surface area contributed by atoms with Crippen LogP contribution in [0.3, 0.4) is 0 Å². The first-order chi connectivity index (χ1) is 11.0. The standard InChI is InChI=1S/C17H23N3O3/c1-4-8-18-15(21)11-20-14-7-6-12(3)10-13(14)16(22)19(9-5-2)17(20)23/h6-7,10H,4-5,8-9,11H2,1-3H3,(H,18,21). The van der Waals surface area contributed by atoms with Crippen molar-refractivity contribution in [3.63, 3.8) is 0 Å². The first kappa shape index (κ1) is 17.0. The predicted molar refractivity (Wildman–Crippen MR) is 90.8 cm³/mol. The molecule has 0 aliphatic rings. The number of hydrogen-bond donors (Lipinski definition) is 1. The van der Waals surface area contributed by atoms with Crippen molar-refractivity contribution < 1.29 is 4.79 Å². The molecule has 0 radical (unpaired) electrons. The van der Waals surface area contributed by atoms with E-state index >= 15 is 0 Å². The molecule has 1 aromatic heterocycles. The van der Waals surface area contributed by atoms with Gasteiger partial charge in [0.25, 0.3) is 5.56 Å². The second-order valence-electron chi connectivity index (χ2n) is 5.70. The summed E-state index contributed by atoms with van der Waals surface area (Å²) in [5.74, 6) is -0.225. The SMILES string of the molecule is CCCNC(=O)Cn1c(=O)n(CCC)c(=O)c2cc(C)ccc21. The lowest BCUT2D eigenvalue weighted by Gasteiger charge is -2.14. The summed E-state index contributed by atoms with van der Waals surface area (Å²) < 4.78 is 2.60. The van der Waals surface area contributed by atoms with E-state index in [1.807, 2.05) is 26.8 Å². The highest BCUT2D eigenvalue weighted by Gasteiger charge is 2.14. The molecule has 6 heteroatoms. The molecule has 0 saturated heterocycles. The third-order valence-electron chi connectivity index (χ3n) is 3.70. The van der Waals surface area contributed by atoms with Crippen molar-refractivity contribution in [3.05, 3.63) is 44.6 Å². The minimum atomic E-state index is -0.431. The summed E-state index contributed by atoms with van der Waals surface area (Å²) in [6, 6.07) is 5.34. The maximum Gasteiger partial charge on any atom is 0.331 e. The zero-order valence-electron chi connectivity index (χ0n) is 13.9. The summed E-state index contributed by atoms with van der Waals surface area (Å²) in [7, 11) is 0. The molecule has 0 bridgehead atoms. The van der Waals surface area contributed by atoms with E-state index in [1.165, 1.54) is 9.13 Å². The Kier molecular flexibility index (Phi) is 5.36. The molecule has 0 spiro atoms. The van der Waals surface area contributed by atoms with E-state index in [2.05, 4.69) is 5.32 Å². The monoisotopic (exact) mass is 317 g/mol. The Bertz CT molecular complexity index is 833. The molecule has 0 fully saturated rings. The molecule has 2 aromatic rings. The Morgan fingerprint density at radius 1 is 1.13 bits per heavy atom. The largest absolute Gasteiger partial charge is 0.355 e. The van der Waals surface area contributed by atoms with Crippen molar-refractivity contribution in [3.8, 4) is 0 Å². The van der Waals surface area contributed by atoms with E-state index in [9.17, 15) is 14.4 Å². The average molecular weight is 317 g/mol. The number of nitrogens with zero attached hydrogens (tertiary/aromatic N) is 2. The van der Waals surface area contributed by atoms with Gasteiger partial charge in [-0.05, 0) is 31.9 Å². The van der Waals surface area contributed by atoms with Crippen LogP contribution >= 0.6 is 0 Å². The van der Waals surface area contributed by atoms with Crippen LogP contribution in [0.5, 0.6) is 0 Å². The fourth-order valence-electron chi connectivity index (χ4n) is 2.58. The van der Waals surface area contributed by atoms with Gasteiger partial charge in [0.1, 0.15) is 6.54 Å². The molecule has 2 rings (SSSR count). The van der Waals surface area contributed by atoms with Crippen molar-refractivity contribution in [1.29, 1.82) is 0 Å². The molecular weight excluding hydrogens is 294 g/mol. The second kappa shape index (κ2) is 7.26. The van der Waals surface area contributed by atoms with E-state index in [1.54, 1.807) is 12.1 Å². The fraction of sp³-hybridized carbons (Fsp3) is 0.471. The number of carbonyl (C=O) groups excluding carboxylic acids is 1. The van der Waals surface area contributed by atoms with Crippen LogP contribution in [-0.4, -0.2) is 21.6 Å². The van der Waals surface area contributed by atoms with Gasteiger partial charge in [0.15, 0.2) is 0 Å². The third-order valence-corrected chi connectivity index (χ3v) is 3.70. The number of fused-ring (bicyclic) bond motifs is 1. The molecule has 0 aliphatic heterocycles. The van der Waals surface area contributed by atoms with Crippen LogP contribution in [0.15, 0.2) is 27.8 Å². The number of nitrogens with one attached hydrogen (secondary N) is 1. The van der Waals surface area contributed by atoms with Crippen LogP contribution in [0.2, 0.25) is 0 Å². The highest BCUT2D eigenvalue weighted by atomic mass is 16.2. The lowest BCUT2D eigenvalue weighted by molar-refractivity contribution is -0.121. The van der Waals surface area contributed by atoms with Crippen molar-refractivity contribution in [1.82, 2.24) is 14.5 Å². The van der Waals surface area contributed by atoms with Crippen LogP contribution in [0.4, 0.5) is 0 Å². The first-order valence-electron chi connectivity index (χ1n) is 8.00. The summed E-state index contributed by atoms with van der Waals surface area (Å²) in [4.78, 5) is 37.2. The lowest BCUT2D eigenvalue weighted by Crippen LogP contribution is -2.42. The van der Waals surface area contributed by atoms with Gasteiger partial charge in [0.2, 0.25) is 5.91 Å². The van der Waals surface area contributed by atoms with Crippen LogP contribution in [0.25, 0.3) is 10.9 Å². The van der Waals surface area contributed by atoms with Crippen molar-refractivity contribution >= 4 is 16.8 Å². The number of rotatable bonds is 6. The van der Waals surface area contributed by atoms with Gasteiger partial charge in [-0.15, -0.1) is 0 Å². The minimum absolute atomic E-state index is 0.0810. The molecular formula is C17H23N3O3. The molecule has 0 unspecified atom stereocenters. The van der Waals surface area contributed by atoms with Crippen LogP contribution < -0.4 is 16.6 Å². The average Bonchev–Trinajstić information content (AvgIpc) is 2.53. The highest BCUT2D eigenvalue weighted by molar-refractivity contribution is 5.82. The smallest absolute Gasteiger partial charge is 0.331 e. The number of aryl methyl sites for hydroxylation is 1. The Balaban J connectivity index is 2.64. The number of amides is 1. The van der Waals surface area contributed by atoms with E-state index < -0.39 is 5.69 Å². The molecule has 1 N–H and O–H groups in total. The fourth-order valence-corrected chi connectivity index (χ4v) is 2.58.